The molecule has 1 atom stereocenters. The van der Waals surface area contributed by atoms with Gasteiger partial charge >= 0.3 is 0 Å². The molecule has 0 N–H and O–H groups in total. The molecule has 9 heteroatoms. The highest BCUT2D eigenvalue weighted by Crippen LogP contribution is 2.36. The van der Waals surface area contributed by atoms with Gasteiger partial charge in [-0.15, -0.1) is 0 Å². The van der Waals surface area contributed by atoms with Gasteiger partial charge in [-0.1, -0.05) is 6.07 Å². The molecule has 40 heavy (non-hydrogen) atoms. The van der Waals surface area contributed by atoms with Crippen molar-refractivity contribution in [1.29, 1.82) is 5.26 Å². The Balaban J connectivity index is 1.50. The summed E-state index contributed by atoms with van der Waals surface area (Å²) in [6.07, 6.45) is 2.91. The molecule has 1 unspecified atom stereocenters. The Hall–Kier alpha value is -3.87. The van der Waals surface area contributed by atoms with E-state index < -0.39 is 5.95 Å². The van der Waals surface area contributed by atoms with E-state index in [1.54, 1.807) is 19.1 Å². The quantitative estimate of drug-likeness (QED) is 0.367. The summed E-state index contributed by atoms with van der Waals surface area (Å²) in [6.45, 7) is 8.85. The van der Waals surface area contributed by atoms with Crippen molar-refractivity contribution in [3.8, 4) is 22.9 Å². The topological polar surface area (TPSA) is 91.6 Å². The zero-order chi connectivity index (χ0) is 28.4. The molecule has 0 radical (unpaired) electrons. The number of ether oxygens (including phenoxy) is 2. The van der Waals surface area contributed by atoms with Gasteiger partial charge in [0.15, 0.2) is 0 Å². The van der Waals surface area contributed by atoms with Crippen LogP contribution in [0.25, 0.3) is 11.1 Å². The number of nitrogens with zero attached hydrogens (tertiary/aromatic N) is 5. The van der Waals surface area contributed by atoms with Gasteiger partial charge in [0.2, 0.25) is 5.95 Å². The van der Waals surface area contributed by atoms with Crippen molar-refractivity contribution in [2.75, 3.05) is 40.0 Å². The van der Waals surface area contributed by atoms with Crippen LogP contribution in [0, 0.1) is 24.2 Å². The Morgan fingerprint density at radius 3 is 2.70 bits per heavy atom. The minimum Gasteiger partial charge on any atom is -0.492 e. The molecule has 2 aromatic heterocycles. The van der Waals surface area contributed by atoms with E-state index in [-0.39, 0.29) is 11.9 Å². The van der Waals surface area contributed by atoms with Gasteiger partial charge in [0, 0.05) is 42.2 Å². The molecule has 2 aliphatic rings. The molecule has 3 aromatic rings. The van der Waals surface area contributed by atoms with Crippen LogP contribution in [-0.2, 0) is 17.6 Å². The Morgan fingerprint density at radius 2 is 2.02 bits per heavy atom. The summed E-state index contributed by atoms with van der Waals surface area (Å²) in [4.78, 5) is 26.7. The number of hydrogen-bond acceptors (Lipinski definition) is 7. The largest absolute Gasteiger partial charge is 0.492 e. The van der Waals surface area contributed by atoms with E-state index in [9.17, 15) is 14.4 Å². The zero-order valence-electron chi connectivity index (χ0n) is 23.4. The van der Waals surface area contributed by atoms with Crippen LogP contribution in [-0.4, -0.2) is 71.7 Å². The van der Waals surface area contributed by atoms with Gasteiger partial charge in [-0.2, -0.15) is 9.65 Å². The second-order valence-electron chi connectivity index (χ2n) is 10.4. The third-order valence-corrected chi connectivity index (χ3v) is 7.95. The standard InChI is InChI=1S/C31H34FN5O3/c1-5-40-29-14-28(34-16-22(29)15-33)20(3)37-11-9-25-26(24-6-7-30(32)35-19(24)2)12-21(13-27(25)31(37)38)8-10-36(4)23-17-39-18-23/h6-7,12-14,16,20,23H,5,8-11,17-18H2,1-4H3. The number of rotatable bonds is 9. The number of aryl methyl sites for hydroxylation is 1. The van der Waals surface area contributed by atoms with E-state index in [0.717, 1.165) is 48.4 Å². The molecule has 0 bridgehead atoms. The minimum absolute atomic E-state index is 0.0746. The maximum Gasteiger partial charge on any atom is 0.254 e. The van der Waals surface area contributed by atoms with Crippen molar-refractivity contribution in [3.05, 3.63) is 76.1 Å². The van der Waals surface area contributed by atoms with Crippen molar-refractivity contribution in [2.24, 2.45) is 0 Å². The number of amides is 1. The molecule has 1 saturated heterocycles. The summed E-state index contributed by atoms with van der Waals surface area (Å²) < 4.78 is 24.9. The average Bonchev–Trinajstić information content (AvgIpc) is 2.91. The number of aromatic nitrogens is 2. The highest BCUT2D eigenvalue weighted by molar-refractivity contribution is 5.99. The van der Waals surface area contributed by atoms with Crippen molar-refractivity contribution in [1.82, 2.24) is 19.8 Å². The predicted molar refractivity (Wildman–Crippen MR) is 149 cm³/mol. The van der Waals surface area contributed by atoms with E-state index in [2.05, 4.69) is 34.1 Å². The van der Waals surface area contributed by atoms with Crippen LogP contribution in [0.4, 0.5) is 4.39 Å². The maximum absolute atomic E-state index is 14.1. The molecular formula is C31H34FN5O3. The van der Waals surface area contributed by atoms with Crippen molar-refractivity contribution in [3.63, 3.8) is 0 Å². The number of halogens is 1. The van der Waals surface area contributed by atoms with Crippen molar-refractivity contribution >= 4 is 5.91 Å². The van der Waals surface area contributed by atoms with Crippen LogP contribution in [0.2, 0.25) is 0 Å². The molecule has 1 fully saturated rings. The number of hydrogen-bond donors (Lipinski definition) is 0. The summed E-state index contributed by atoms with van der Waals surface area (Å²) in [6, 6.07) is 11.2. The highest BCUT2D eigenvalue weighted by Gasteiger charge is 2.32. The van der Waals surface area contributed by atoms with E-state index >= 15 is 0 Å². The Kier molecular flexibility index (Phi) is 8.10. The number of likely N-dealkylation sites (N-methyl/N-ethyl adjacent to an activating group) is 1. The second-order valence-corrected chi connectivity index (χ2v) is 10.4. The first kappa shape index (κ1) is 27.7. The molecule has 1 aromatic carbocycles. The molecule has 0 aliphatic carbocycles. The van der Waals surface area contributed by atoms with Gasteiger partial charge < -0.3 is 14.4 Å². The fourth-order valence-corrected chi connectivity index (χ4v) is 5.41. The van der Waals surface area contributed by atoms with Crippen molar-refractivity contribution in [2.45, 2.75) is 45.7 Å². The lowest BCUT2D eigenvalue weighted by atomic mass is 9.86. The normalized spacial score (nSPS) is 15.9. The van der Waals surface area contributed by atoms with Gasteiger partial charge in [-0.3, -0.25) is 14.7 Å². The minimum atomic E-state index is -0.520. The third-order valence-electron chi connectivity index (χ3n) is 7.95. The van der Waals surface area contributed by atoms with Gasteiger partial charge in [-0.05, 0) is 75.5 Å². The summed E-state index contributed by atoms with van der Waals surface area (Å²) in [5.74, 6) is -0.126. The first-order valence-corrected chi connectivity index (χ1v) is 13.7. The molecule has 1 amide bonds. The van der Waals surface area contributed by atoms with E-state index in [1.807, 2.05) is 24.8 Å². The van der Waals surface area contributed by atoms with Crippen LogP contribution in [0.3, 0.4) is 0 Å². The number of carbonyl (C=O) groups excluding carboxylic acids is 1. The van der Waals surface area contributed by atoms with Gasteiger partial charge in [-0.25, -0.2) is 4.98 Å². The fourth-order valence-electron chi connectivity index (χ4n) is 5.41. The van der Waals surface area contributed by atoms with Gasteiger partial charge in [0.1, 0.15) is 17.4 Å². The Morgan fingerprint density at radius 1 is 1.25 bits per heavy atom. The molecule has 208 valence electrons. The van der Waals surface area contributed by atoms with Crippen LogP contribution >= 0.6 is 0 Å². The van der Waals surface area contributed by atoms with Crippen LogP contribution in [0.15, 0.2) is 36.5 Å². The first-order chi connectivity index (χ1) is 19.3. The monoisotopic (exact) mass is 543 g/mol. The lowest BCUT2D eigenvalue weighted by Gasteiger charge is -2.35. The SMILES string of the molecule is CCOc1cc(C(C)N2CCc3c(cc(CCN(C)C4COC4)cc3-c3ccc(F)nc3C)C2=O)ncc1C#N. The summed E-state index contributed by atoms with van der Waals surface area (Å²) in [7, 11) is 2.09. The molecule has 8 nitrogen and oxygen atoms in total. The lowest BCUT2D eigenvalue weighted by molar-refractivity contribution is -0.0555. The number of benzene rings is 1. The van der Waals surface area contributed by atoms with Gasteiger partial charge in [0.05, 0.1) is 37.6 Å². The number of fused-ring (bicyclic) bond motifs is 1. The smallest absolute Gasteiger partial charge is 0.254 e. The number of nitriles is 1. The van der Waals surface area contributed by atoms with E-state index in [0.29, 0.717) is 53.9 Å². The summed E-state index contributed by atoms with van der Waals surface area (Å²) >= 11 is 0. The highest BCUT2D eigenvalue weighted by atomic mass is 19.1. The molecule has 0 spiro atoms. The fraction of sp³-hybridized carbons (Fsp3) is 0.419. The zero-order valence-corrected chi connectivity index (χ0v) is 23.4. The molecule has 0 saturated carbocycles. The van der Waals surface area contributed by atoms with Crippen LogP contribution < -0.4 is 4.74 Å². The second kappa shape index (κ2) is 11.7. The molecule has 5 rings (SSSR count). The van der Waals surface area contributed by atoms with Gasteiger partial charge in [0.25, 0.3) is 5.91 Å². The van der Waals surface area contributed by atoms with E-state index in [4.69, 9.17) is 9.47 Å². The molecule has 2 aliphatic heterocycles. The lowest BCUT2D eigenvalue weighted by Crippen LogP contribution is -2.47. The van der Waals surface area contributed by atoms with Crippen LogP contribution in [0.1, 0.15) is 58.3 Å². The van der Waals surface area contributed by atoms with Crippen molar-refractivity contribution < 1.29 is 18.7 Å². The molecular weight excluding hydrogens is 509 g/mol. The Bertz CT molecular complexity index is 1470. The summed E-state index contributed by atoms with van der Waals surface area (Å²) in [5, 5.41) is 9.41. The molecule has 4 heterocycles. The maximum atomic E-state index is 14.1. The average molecular weight is 544 g/mol. The number of pyridine rings is 2. The number of carbonyl (C=O) groups is 1. The first-order valence-electron chi connectivity index (χ1n) is 13.7. The Labute approximate surface area is 234 Å². The predicted octanol–water partition coefficient (Wildman–Crippen LogP) is 4.49. The summed E-state index contributed by atoms with van der Waals surface area (Å²) in [5.41, 5.74) is 6.05. The van der Waals surface area contributed by atoms with E-state index in [1.165, 1.54) is 12.3 Å². The van der Waals surface area contributed by atoms with Crippen LogP contribution in [0.5, 0.6) is 5.75 Å². The third kappa shape index (κ3) is 5.42.